The molecule has 110 valence electrons. The van der Waals surface area contributed by atoms with Gasteiger partial charge in [0.2, 0.25) is 5.91 Å². The Morgan fingerprint density at radius 2 is 1.84 bits per heavy atom. The Kier molecular flexibility index (Phi) is 4.75. The number of ether oxygens (including phenoxy) is 1. The molecule has 7 nitrogen and oxygen atoms in total. The summed E-state index contributed by atoms with van der Waals surface area (Å²) in [6.07, 6.45) is -3.22. The van der Waals surface area contributed by atoms with Crippen LogP contribution in [-0.2, 0) is 9.53 Å². The number of rotatable bonds is 2. The Bertz CT molecular complexity index is 319. The lowest BCUT2D eigenvalue weighted by Gasteiger charge is -2.40. The van der Waals surface area contributed by atoms with Gasteiger partial charge < -0.3 is 29.9 Å². The molecular weight excluding hydrogens is 252 g/mol. The molecule has 2 fully saturated rings. The molecule has 0 aliphatic carbocycles. The van der Waals surface area contributed by atoms with Gasteiger partial charge in [0.05, 0.1) is 25.2 Å². The number of amides is 1. The van der Waals surface area contributed by atoms with Crippen LogP contribution in [0.3, 0.4) is 0 Å². The molecule has 7 heteroatoms. The van der Waals surface area contributed by atoms with Crippen LogP contribution in [0.1, 0.15) is 0 Å². The number of hydrogen-bond donors (Lipinski definition) is 3. The Morgan fingerprint density at radius 3 is 2.42 bits per heavy atom. The van der Waals surface area contributed by atoms with Gasteiger partial charge in [-0.3, -0.25) is 4.79 Å². The van der Waals surface area contributed by atoms with Crippen LogP contribution in [-0.4, -0.2) is 95.8 Å². The van der Waals surface area contributed by atoms with Gasteiger partial charge in [-0.25, -0.2) is 0 Å². The van der Waals surface area contributed by atoms with Crippen molar-refractivity contribution in [3.8, 4) is 0 Å². The Balaban J connectivity index is 1.96. The third kappa shape index (κ3) is 3.06. The minimum Gasteiger partial charge on any atom is -0.394 e. The fourth-order valence-corrected chi connectivity index (χ4v) is 2.52. The summed E-state index contributed by atoms with van der Waals surface area (Å²) in [5.41, 5.74) is 0. The normalized spacial score (nSPS) is 37.4. The minimum absolute atomic E-state index is 0.0363. The number of aliphatic hydroxyl groups is 3. The summed E-state index contributed by atoms with van der Waals surface area (Å²) in [6.45, 7) is 2.52. The van der Waals surface area contributed by atoms with Gasteiger partial charge in [-0.05, 0) is 7.05 Å². The topological polar surface area (TPSA) is 93.5 Å². The molecular formula is C12H22N2O5. The lowest BCUT2D eigenvalue weighted by molar-refractivity contribution is -0.187. The molecule has 0 aromatic heterocycles. The second kappa shape index (κ2) is 6.15. The van der Waals surface area contributed by atoms with Crippen LogP contribution in [0.5, 0.6) is 0 Å². The van der Waals surface area contributed by atoms with E-state index in [1.807, 2.05) is 7.05 Å². The Labute approximate surface area is 112 Å². The van der Waals surface area contributed by atoms with Crippen LogP contribution in [0.25, 0.3) is 0 Å². The SMILES string of the molecule is CN1CCN(C(=O)C2CO[C@H](CO)[C@H](O)[C@@H]2O)CC1. The fourth-order valence-electron chi connectivity index (χ4n) is 2.52. The summed E-state index contributed by atoms with van der Waals surface area (Å²) < 4.78 is 5.24. The van der Waals surface area contributed by atoms with Crippen LogP contribution >= 0.6 is 0 Å². The molecule has 2 aliphatic rings. The second-order valence-electron chi connectivity index (χ2n) is 5.27. The summed E-state index contributed by atoms with van der Waals surface area (Å²) in [5, 5.41) is 28.8. The van der Waals surface area contributed by atoms with E-state index in [0.717, 1.165) is 13.1 Å². The predicted molar refractivity (Wildman–Crippen MR) is 66.4 cm³/mol. The highest BCUT2D eigenvalue weighted by molar-refractivity contribution is 5.80. The molecule has 1 amide bonds. The van der Waals surface area contributed by atoms with Gasteiger partial charge in [0.1, 0.15) is 12.2 Å². The van der Waals surface area contributed by atoms with Crippen LogP contribution in [0, 0.1) is 5.92 Å². The molecule has 0 aromatic rings. The van der Waals surface area contributed by atoms with Gasteiger partial charge in [-0.15, -0.1) is 0 Å². The molecule has 2 saturated heterocycles. The first-order chi connectivity index (χ1) is 9.04. The second-order valence-corrected chi connectivity index (χ2v) is 5.27. The highest BCUT2D eigenvalue weighted by atomic mass is 16.5. The van der Waals surface area contributed by atoms with Crippen molar-refractivity contribution in [2.75, 3.05) is 46.4 Å². The number of carbonyl (C=O) groups is 1. The number of piperazine rings is 1. The number of hydrogen-bond acceptors (Lipinski definition) is 6. The molecule has 0 spiro atoms. The molecule has 0 aromatic carbocycles. The van der Waals surface area contributed by atoms with Gasteiger partial charge >= 0.3 is 0 Å². The highest BCUT2D eigenvalue weighted by Gasteiger charge is 2.43. The van der Waals surface area contributed by atoms with E-state index in [0.29, 0.717) is 13.1 Å². The summed E-state index contributed by atoms with van der Waals surface area (Å²) in [6, 6.07) is 0. The van der Waals surface area contributed by atoms with Gasteiger partial charge in [-0.2, -0.15) is 0 Å². The molecule has 2 heterocycles. The summed E-state index contributed by atoms with van der Waals surface area (Å²) >= 11 is 0. The average Bonchev–Trinajstić information content (AvgIpc) is 2.42. The lowest BCUT2D eigenvalue weighted by atomic mass is 9.91. The third-order valence-corrected chi connectivity index (χ3v) is 3.95. The summed E-state index contributed by atoms with van der Waals surface area (Å²) in [4.78, 5) is 16.1. The van der Waals surface area contributed by atoms with E-state index in [1.54, 1.807) is 4.90 Å². The third-order valence-electron chi connectivity index (χ3n) is 3.95. The minimum atomic E-state index is -1.22. The number of likely N-dealkylation sites (N-methyl/N-ethyl adjacent to an activating group) is 1. The standard InChI is InChI=1S/C12H22N2O5/c1-13-2-4-14(5-3-13)12(18)8-7-19-9(6-15)11(17)10(8)16/h8-11,15-17H,2-7H2,1H3/t8?,9-,10-,11+/m1/s1. The molecule has 19 heavy (non-hydrogen) atoms. The molecule has 2 aliphatic heterocycles. The quantitative estimate of drug-likeness (QED) is 0.515. The number of aliphatic hydroxyl groups excluding tert-OH is 3. The van der Waals surface area contributed by atoms with Crippen LogP contribution in [0.2, 0.25) is 0 Å². The Hall–Kier alpha value is -0.730. The molecule has 0 saturated carbocycles. The van der Waals surface area contributed by atoms with Crippen molar-refractivity contribution in [3.05, 3.63) is 0 Å². The van der Waals surface area contributed by atoms with E-state index in [4.69, 9.17) is 9.84 Å². The molecule has 0 radical (unpaired) electrons. The first kappa shape index (κ1) is 14.7. The first-order valence-corrected chi connectivity index (χ1v) is 6.60. The van der Waals surface area contributed by atoms with Crippen LogP contribution in [0.4, 0.5) is 0 Å². The molecule has 1 unspecified atom stereocenters. The zero-order valence-corrected chi connectivity index (χ0v) is 11.1. The number of carbonyl (C=O) groups excluding carboxylic acids is 1. The smallest absolute Gasteiger partial charge is 0.230 e. The van der Waals surface area contributed by atoms with Crippen molar-refractivity contribution in [2.45, 2.75) is 18.3 Å². The zero-order chi connectivity index (χ0) is 14.0. The Morgan fingerprint density at radius 1 is 1.21 bits per heavy atom. The van der Waals surface area contributed by atoms with E-state index < -0.39 is 24.2 Å². The lowest BCUT2D eigenvalue weighted by Crippen LogP contribution is -2.58. The van der Waals surface area contributed by atoms with Gasteiger partial charge in [0, 0.05) is 26.2 Å². The predicted octanol–water partition coefficient (Wildman–Crippen LogP) is -2.51. The largest absolute Gasteiger partial charge is 0.394 e. The molecule has 2 rings (SSSR count). The van der Waals surface area contributed by atoms with Crippen molar-refractivity contribution in [2.24, 2.45) is 5.92 Å². The van der Waals surface area contributed by atoms with Gasteiger partial charge in [0.15, 0.2) is 0 Å². The maximum absolute atomic E-state index is 12.3. The van der Waals surface area contributed by atoms with Crippen molar-refractivity contribution in [3.63, 3.8) is 0 Å². The van der Waals surface area contributed by atoms with E-state index in [2.05, 4.69) is 4.90 Å². The first-order valence-electron chi connectivity index (χ1n) is 6.60. The fraction of sp³-hybridized carbons (Fsp3) is 0.917. The van der Waals surface area contributed by atoms with Crippen molar-refractivity contribution < 1.29 is 24.9 Å². The summed E-state index contributed by atoms with van der Waals surface area (Å²) in [5.74, 6) is -0.933. The maximum Gasteiger partial charge on any atom is 0.230 e. The summed E-state index contributed by atoms with van der Waals surface area (Å²) in [7, 11) is 2.00. The van der Waals surface area contributed by atoms with Crippen molar-refractivity contribution >= 4 is 5.91 Å². The van der Waals surface area contributed by atoms with Crippen LogP contribution < -0.4 is 0 Å². The van der Waals surface area contributed by atoms with Gasteiger partial charge in [0.25, 0.3) is 0 Å². The van der Waals surface area contributed by atoms with E-state index in [1.165, 1.54) is 0 Å². The average molecular weight is 274 g/mol. The van der Waals surface area contributed by atoms with E-state index in [-0.39, 0.29) is 19.1 Å². The van der Waals surface area contributed by atoms with E-state index >= 15 is 0 Å². The van der Waals surface area contributed by atoms with E-state index in [9.17, 15) is 15.0 Å². The monoisotopic (exact) mass is 274 g/mol. The molecule has 4 atom stereocenters. The van der Waals surface area contributed by atoms with Crippen LogP contribution in [0.15, 0.2) is 0 Å². The van der Waals surface area contributed by atoms with Crippen molar-refractivity contribution in [1.82, 2.24) is 9.80 Å². The molecule has 0 bridgehead atoms. The number of nitrogens with zero attached hydrogens (tertiary/aromatic N) is 2. The molecule has 3 N–H and O–H groups in total. The zero-order valence-electron chi connectivity index (χ0n) is 11.1. The van der Waals surface area contributed by atoms with Crippen molar-refractivity contribution in [1.29, 1.82) is 0 Å². The highest BCUT2D eigenvalue weighted by Crippen LogP contribution is 2.22. The van der Waals surface area contributed by atoms with Gasteiger partial charge in [-0.1, -0.05) is 0 Å². The maximum atomic E-state index is 12.3.